The number of amides is 1. The van der Waals surface area contributed by atoms with Gasteiger partial charge in [0.25, 0.3) is 5.91 Å². The first-order valence-electron chi connectivity index (χ1n) is 7.13. The summed E-state index contributed by atoms with van der Waals surface area (Å²) in [5.74, 6) is 0.210. The van der Waals surface area contributed by atoms with E-state index in [0.29, 0.717) is 26.9 Å². The van der Waals surface area contributed by atoms with E-state index in [1.807, 2.05) is 6.92 Å². The van der Waals surface area contributed by atoms with Crippen molar-refractivity contribution in [2.75, 3.05) is 6.73 Å². The first-order valence-corrected chi connectivity index (χ1v) is 8.38. The summed E-state index contributed by atoms with van der Waals surface area (Å²) >= 11 is 7.36. The number of hydrogen-bond donors (Lipinski definition) is 1. The Balaban J connectivity index is 1.91. The average molecular weight is 352 g/mol. The number of aryl methyl sites for hydroxylation is 1. The summed E-state index contributed by atoms with van der Waals surface area (Å²) in [5, 5.41) is 4.31. The molecule has 2 rings (SSSR count). The Kier molecular flexibility index (Phi) is 6.24. The van der Waals surface area contributed by atoms with E-state index in [-0.39, 0.29) is 12.6 Å². The third-order valence-electron chi connectivity index (χ3n) is 2.71. The van der Waals surface area contributed by atoms with Crippen molar-refractivity contribution < 1.29 is 9.53 Å². The minimum atomic E-state index is -0.232. The summed E-state index contributed by atoms with van der Waals surface area (Å²) in [7, 11) is 0. The lowest BCUT2D eigenvalue weighted by molar-refractivity contribution is 0.0917. The number of nitrogens with one attached hydrogen (secondary N) is 1. The van der Waals surface area contributed by atoms with Gasteiger partial charge in [-0.05, 0) is 31.2 Å². The van der Waals surface area contributed by atoms with Crippen molar-refractivity contribution in [3.8, 4) is 5.88 Å². The molecule has 122 valence electrons. The van der Waals surface area contributed by atoms with Crippen LogP contribution in [0.25, 0.3) is 0 Å². The van der Waals surface area contributed by atoms with Gasteiger partial charge in [-0.25, -0.2) is 4.98 Å². The second kappa shape index (κ2) is 8.17. The minimum absolute atomic E-state index is 0.0314. The number of rotatable bonds is 6. The summed E-state index contributed by atoms with van der Waals surface area (Å²) in [6, 6.07) is 8.38. The summed E-state index contributed by atoms with van der Waals surface area (Å²) in [4.78, 5) is 20.6. The molecule has 0 saturated heterocycles. The van der Waals surface area contributed by atoms with E-state index in [1.165, 1.54) is 0 Å². The number of aromatic nitrogens is 2. The van der Waals surface area contributed by atoms with Crippen LogP contribution in [0.15, 0.2) is 35.5 Å². The molecule has 0 unspecified atom stereocenters. The van der Waals surface area contributed by atoms with Crippen LogP contribution in [0.4, 0.5) is 0 Å². The Labute approximate surface area is 144 Å². The van der Waals surface area contributed by atoms with Crippen molar-refractivity contribution >= 4 is 29.3 Å². The van der Waals surface area contributed by atoms with Crippen molar-refractivity contribution in [3.05, 3.63) is 46.6 Å². The van der Waals surface area contributed by atoms with Crippen LogP contribution in [0.5, 0.6) is 5.88 Å². The van der Waals surface area contributed by atoms with Gasteiger partial charge in [-0.15, -0.1) is 0 Å². The van der Waals surface area contributed by atoms with Crippen LogP contribution in [0.2, 0.25) is 5.02 Å². The van der Waals surface area contributed by atoms with Crippen molar-refractivity contribution in [3.63, 3.8) is 0 Å². The number of thioether (sulfide) groups is 1. The first-order chi connectivity index (χ1) is 10.9. The maximum Gasteiger partial charge on any atom is 0.253 e. The van der Waals surface area contributed by atoms with Crippen LogP contribution < -0.4 is 10.1 Å². The van der Waals surface area contributed by atoms with Gasteiger partial charge in [0.05, 0.1) is 0 Å². The van der Waals surface area contributed by atoms with Crippen LogP contribution in [0.3, 0.4) is 0 Å². The Morgan fingerprint density at radius 3 is 2.65 bits per heavy atom. The van der Waals surface area contributed by atoms with Gasteiger partial charge in [0.15, 0.2) is 11.9 Å². The molecular formula is C16H18ClN3O2S. The quantitative estimate of drug-likeness (QED) is 0.488. The van der Waals surface area contributed by atoms with E-state index in [2.05, 4.69) is 29.1 Å². The van der Waals surface area contributed by atoms with E-state index < -0.39 is 0 Å². The van der Waals surface area contributed by atoms with Gasteiger partial charge in [-0.1, -0.05) is 37.2 Å². The smallest absolute Gasteiger partial charge is 0.253 e. The molecule has 1 aromatic heterocycles. The normalized spacial score (nSPS) is 10.7. The fourth-order valence-electron chi connectivity index (χ4n) is 1.73. The van der Waals surface area contributed by atoms with Crippen LogP contribution in [0.1, 0.15) is 29.9 Å². The fourth-order valence-corrected chi connectivity index (χ4v) is 2.62. The monoisotopic (exact) mass is 351 g/mol. The largest absolute Gasteiger partial charge is 0.456 e. The van der Waals surface area contributed by atoms with E-state index in [1.54, 1.807) is 42.1 Å². The van der Waals surface area contributed by atoms with Crippen LogP contribution in [0, 0.1) is 6.92 Å². The van der Waals surface area contributed by atoms with Gasteiger partial charge in [-0.2, -0.15) is 4.98 Å². The van der Waals surface area contributed by atoms with Crippen LogP contribution in [-0.4, -0.2) is 27.9 Å². The molecule has 0 bridgehead atoms. The molecule has 0 atom stereocenters. The number of ether oxygens (including phenoxy) is 1. The number of halogens is 1. The number of carbonyl (C=O) groups excluding carboxylic acids is 1. The zero-order valence-corrected chi connectivity index (χ0v) is 14.7. The molecule has 0 aliphatic carbocycles. The highest BCUT2D eigenvalue weighted by molar-refractivity contribution is 7.99. The molecular weight excluding hydrogens is 334 g/mol. The molecule has 0 spiro atoms. The minimum Gasteiger partial charge on any atom is -0.456 e. The molecule has 1 aromatic carbocycles. The highest BCUT2D eigenvalue weighted by Gasteiger charge is 2.08. The molecule has 0 aliphatic heterocycles. The lowest BCUT2D eigenvalue weighted by Gasteiger charge is -2.10. The standard InChI is InChI=1S/C16H18ClN3O2S/c1-10(2)23-16-19-11(3)8-14(20-16)22-9-18-15(21)12-4-6-13(17)7-5-12/h4-8,10H,9H2,1-3H3,(H,18,21). The first kappa shape index (κ1) is 17.6. The third kappa shape index (κ3) is 5.73. The molecule has 1 amide bonds. The zero-order chi connectivity index (χ0) is 16.8. The highest BCUT2D eigenvalue weighted by Crippen LogP contribution is 2.21. The lowest BCUT2D eigenvalue weighted by atomic mass is 10.2. The summed E-state index contributed by atoms with van der Waals surface area (Å²) in [5.41, 5.74) is 1.34. The average Bonchev–Trinajstić information content (AvgIpc) is 2.46. The van der Waals surface area contributed by atoms with E-state index in [0.717, 1.165) is 5.69 Å². The van der Waals surface area contributed by atoms with E-state index in [4.69, 9.17) is 16.3 Å². The molecule has 2 aromatic rings. The topological polar surface area (TPSA) is 64.1 Å². The molecule has 0 fully saturated rings. The molecule has 23 heavy (non-hydrogen) atoms. The fraction of sp³-hybridized carbons (Fsp3) is 0.312. The molecule has 5 nitrogen and oxygen atoms in total. The third-order valence-corrected chi connectivity index (χ3v) is 3.83. The molecule has 7 heteroatoms. The maximum absolute atomic E-state index is 12.0. The van der Waals surface area contributed by atoms with E-state index in [9.17, 15) is 4.79 Å². The highest BCUT2D eigenvalue weighted by atomic mass is 35.5. The predicted molar refractivity (Wildman–Crippen MR) is 92.2 cm³/mol. The van der Waals surface area contributed by atoms with Gasteiger partial charge in [0.1, 0.15) is 0 Å². The summed E-state index contributed by atoms with van der Waals surface area (Å²) in [6.07, 6.45) is 0. The SMILES string of the molecule is Cc1cc(OCNC(=O)c2ccc(Cl)cc2)nc(SC(C)C)n1. The van der Waals surface area contributed by atoms with Gasteiger partial charge in [0.2, 0.25) is 5.88 Å². The van der Waals surface area contributed by atoms with Gasteiger partial charge in [0, 0.05) is 27.6 Å². The molecule has 0 saturated carbocycles. The van der Waals surface area contributed by atoms with E-state index >= 15 is 0 Å². The van der Waals surface area contributed by atoms with Crippen molar-refractivity contribution in [1.82, 2.24) is 15.3 Å². The molecule has 0 radical (unpaired) electrons. The zero-order valence-electron chi connectivity index (χ0n) is 13.2. The van der Waals surface area contributed by atoms with Gasteiger partial charge < -0.3 is 10.1 Å². The molecule has 1 heterocycles. The maximum atomic E-state index is 12.0. The second-order valence-corrected chi connectivity index (χ2v) is 7.08. The van der Waals surface area contributed by atoms with Crippen molar-refractivity contribution in [2.24, 2.45) is 0 Å². The number of nitrogens with zero attached hydrogens (tertiary/aromatic N) is 2. The number of benzene rings is 1. The van der Waals surface area contributed by atoms with Gasteiger partial charge >= 0.3 is 0 Å². The van der Waals surface area contributed by atoms with Crippen LogP contribution >= 0.6 is 23.4 Å². The summed E-state index contributed by atoms with van der Waals surface area (Å²) < 4.78 is 5.50. The lowest BCUT2D eigenvalue weighted by Crippen LogP contribution is -2.27. The second-order valence-electron chi connectivity index (χ2n) is 5.10. The Morgan fingerprint density at radius 2 is 2.00 bits per heavy atom. The molecule has 1 N–H and O–H groups in total. The van der Waals surface area contributed by atoms with Crippen molar-refractivity contribution in [1.29, 1.82) is 0 Å². The Bertz CT molecular complexity index is 678. The number of carbonyl (C=O) groups is 1. The predicted octanol–water partition coefficient (Wildman–Crippen LogP) is 3.71. The number of hydrogen-bond acceptors (Lipinski definition) is 5. The Morgan fingerprint density at radius 1 is 1.30 bits per heavy atom. The van der Waals surface area contributed by atoms with Crippen molar-refractivity contribution in [2.45, 2.75) is 31.2 Å². The summed E-state index contributed by atoms with van der Waals surface area (Å²) in [6.45, 7) is 6.06. The van der Waals surface area contributed by atoms with Crippen LogP contribution in [-0.2, 0) is 0 Å². The Hall–Kier alpha value is -1.79. The molecule has 0 aliphatic rings. The van der Waals surface area contributed by atoms with Gasteiger partial charge in [-0.3, -0.25) is 4.79 Å².